The zero-order valence-electron chi connectivity index (χ0n) is 9.97. The van der Waals surface area contributed by atoms with Crippen molar-refractivity contribution in [3.05, 3.63) is 16.4 Å². The van der Waals surface area contributed by atoms with Crippen LogP contribution in [0.25, 0.3) is 0 Å². The largest absolute Gasteiger partial charge is 0.311 e. The molecular formula is C11H20ClN3. The first kappa shape index (κ1) is 12.5. The molecular weight excluding hydrogens is 210 g/mol. The lowest BCUT2D eigenvalue weighted by Gasteiger charge is -2.10. The van der Waals surface area contributed by atoms with E-state index in [-0.39, 0.29) is 0 Å². The van der Waals surface area contributed by atoms with Crippen molar-refractivity contribution in [2.75, 3.05) is 6.54 Å². The molecule has 0 aliphatic carbocycles. The van der Waals surface area contributed by atoms with Crippen LogP contribution < -0.4 is 5.32 Å². The normalized spacial score (nSPS) is 13.1. The van der Waals surface area contributed by atoms with Crippen molar-refractivity contribution in [2.45, 2.75) is 33.7 Å². The van der Waals surface area contributed by atoms with Gasteiger partial charge in [0.1, 0.15) is 0 Å². The Morgan fingerprint density at radius 2 is 2.20 bits per heavy atom. The monoisotopic (exact) mass is 229 g/mol. The third kappa shape index (κ3) is 3.21. The molecule has 1 atom stereocenters. The number of aromatic nitrogens is 2. The van der Waals surface area contributed by atoms with E-state index in [9.17, 15) is 0 Å². The van der Waals surface area contributed by atoms with E-state index in [1.165, 1.54) is 6.42 Å². The summed E-state index contributed by atoms with van der Waals surface area (Å²) in [7, 11) is 1.93. The number of aryl methyl sites for hydroxylation is 2. The van der Waals surface area contributed by atoms with Crippen molar-refractivity contribution >= 4 is 11.6 Å². The molecule has 1 N–H and O–H groups in total. The van der Waals surface area contributed by atoms with Gasteiger partial charge in [0.05, 0.1) is 16.4 Å². The smallest absolute Gasteiger partial charge is 0.0860 e. The minimum Gasteiger partial charge on any atom is -0.311 e. The van der Waals surface area contributed by atoms with Gasteiger partial charge in [-0.3, -0.25) is 4.68 Å². The van der Waals surface area contributed by atoms with Crippen LogP contribution in [0.4, 0.5) is 0 Å². The van der Waals surface area contributed by atoms with Gasteiger partial charge < -0.3 is 5.32 Å². The van der Waals surface area contributed by atoms with Gasteiger partial charge in [-0.15, -0.1) is 0 Å². The van der Waals surface area contributed by atoms with Crippen molar-refractivity contribution in [1.29, 1.82) is 0 Å². The molecule has 1 unspecified atom stereocenters. The maximum Gasteiger partial charge on any atom is 0.0860 e. The number of nitrogens with one attached hydrogen (secondary N) is 1. The molecule has 0 aromatic carbocycles. The summed E-state index contributed by atoms with van der Waals surface area (Å²) in [6.45, 7) is 8.19. The van der Waals surface area contributed by atoms with Gasteiger partial charge in [-0.05, 0) is 19.4 Å². The second kappa shape index (κ2) is 5.52. The molecule has 0 aliphatic rings. The highest BCUT2D eigenvalue weighted by Gasteiger charge is 2.10. The van der Waals surface area contributed by atoms with Crippen LogP contribution in [0.15, 0.2) is 0 Å². The van der Waals surface area contributed by atoms with Crippen molar-refractivity contribution in [3.8, 4) is 0 Å². The fourth-order valence-electron chi connectivity index (χ4n) is 1.45. The standard InChI is InChI=1S/C11H20ClN3/c1-5-8(2)6-13-7-10-11(12)9(3)14-15(10)4/h8,13H,5-7H2,1-4H3. The predicted molar refractivity (Wildman–Crippen MR) is 64.1 cm³/mol. The lowest BCUT2D eigenvalue weighted by Crippen LogP contribution is -2.21. The molecule has 0 amide bonds. The highest BCUT2D eigenvalue weighted by atomic mass is 35.5. The van der Waals surface area contributed by atoms with E-state index in [1.54, 1.807) is 0 Å². The van der Waals surface area contributed by atoms with Gasteiger partial charge in [0.2, 0.25) is 0 Å². The van der Waals surface area contributed by atoms with E-state index >= 15 is 0 Å². The quantitative estimate of drug-likeness (QED) is 0.841. The molecule has 1 aromatic rings. The van der Waals surface area contributed by atoms with Crippen LogP contribution in [0, 0.1) is 12.8 Å². The Morgan fingerprint density at radius 1 is 1.53 bits per heavy atom. The highest BCUT2D eigenvalue weighted by Crippen LogP contribution is 2.18. The zero-order valence-corrected chi connectivity index (χ0v) is 10.7. The Kier molecular flexibility index (Phi) is 4.61. The van der Waals surface area contributed by atoms with Crippen molar-refractivity contribution in [1.82, 2.24) is 15.1 Å². The lowest BCUT2D eigenvalue weighted by atomic mass is 10.1. The fraction of sp³-hybridized carbons (Fsp3) is 0.727. The van der Waals surface area contributed by atoms with Gasteiger partial charge in [-0.2, -0.15) is 5.10 Å². The molecule has 0 saturated carbocycles. The topological polar surface area (TPSA) is 29.9 Å². The Morgan fingerprint density at radius 3 is 2.67 bits per heavy atom. The molecule has 4 heteroatoms. The number of hydrogen-bond donors (Lipinski definition) is 1. The summed E-state index contributed by atoms with van der Waals surface area (Å²) in [6.07, 6.45) is 1.20. The van der Waals surface area contributed by atoms with Crippen LogP contribution in [0.1, 0.15) is 31.7 Å². The first-order valence-electron chi connectivity index (χ1n) is 5.45. The van der Waals surface area contributed by atoms with Crippen LogP contribution in [0.3, 0.4) is 0 Å². The average molecular weight is 230 g/mol. The van der Waals surface area contributed by atoms with Gasteiger partial charge in [0.15, 0.2) is 0 Å². The van der Waals surface area contributed by atoms with Crippen molar-refractivity contribution in [2.24, 2.45) is 13.0 Å². The summed E-state index contributed by atoms with van der Waals surface area (Å²) in [4.78, 5) is 0. The molecule has 15 heavy (non-hydrogen) atoms. The molecule has 0 saturated heterocycles. The number of halogens is 1. The van der Waals surface area contributed by atoms with Gasteiger partial charge in [-0.25, -0.2) is 0 Å². The van der Waals surface area contributed by atoms with Crippen LogP contribution in [-0.2, 0) is 13.6 Å². The Bertz CT molecular complexity index is 320. The molecule has 3 nitrogen and oxygen atoms in total. The third-order valence-corrected chi connectivity index (χ3v) is 3.24. The second-order valence-electron chi connectivity index (χ2n) is 4.11. The van der Waals surface area contributed by atoms with Gasteiger partial charge in [-0.1, -0.05) is 31.9 Å². The van der Waals surface area contributed by atoms with Crippen LogP contribution in [0.5, 0.6) is 0 Å². The first-order chi connectivity index (χ1) is 7.06. The zero-order chi connectivity index (χ0) is 11.4. The summed E-state index contributed by atoms with van der Waals surface area (Å²) < 4.78 is 1.85. The second-order valence-corrected chi connectivity index (χ2v) is 4.49. The highest BCUT2D eigenvalue weighted by molar-refractivity contribution is 6.31. The number of hydrogen-bond acceptors (Lipinski definition) is 2. The lowest BCUT2D eigenvalue weighted by molar-refractivity contribution is 0.491. The van der Waals surface area contributed by atoms with Gasteiger partial charge >= 0.3 is 0 Å². The van der Waals surface area contributed by atoms with Gasteiger partial charge in [0, 0.05) is 13.6 Å². The first-order valence-corrected chi connectivity index (χ1v) is 5.82. The summed E-state index contributed by atoms with van der Waals surface area (Å²) in [5, 5.41) is 8.46. The minimum absolute atomic E-state index is 0.707. The fourth-order valence-corrected chi connectivity index (χ4v) is 1.68. The van der Waals surface area contributed by atoms with Gasteiger partial charge in [0.25, 0.3) is 0 Å². The predicted octanol–water partition coefficient (Wildman–Crippen LogP) is 2.52. The molecule has 0 spiro atoms. The van der Waals surface area contributed by atoms with E-state index in [4.69, 9.17) is 11.6 Å². The number of rotatable bonds is 5. The summed E-state index contributed by atoms with van der Waals surface area (Å²) in [6, 6.07) is 0. The van der Waals surface area contributed by atoms with Crippen LogP contribution in [-0.4, -0.2) is 16.3 Å². The van der Waals surface area contributed by atoms with E-state index < -0.39 is 0 Å². The molecule has 0 bridgehead atoms. The van der Waals surface area contributed by atoms with Crippen LogP contribution in [0.2, 0.25) is 5.02 Å². The molecule has 1 heterocycles. The number of nitrogens with zero attached hydrogens (tertiary/aromatic N) is 2. The molecule has 0 fully saturated rings. The molecule has 0 aliphatic heterocycles. The van der Waals surface area contributed by atoms with Crippen LogP contribution >= 0.6 is 11.6 Å². The maximum atomic E-state index is 6.14. The molecule has 1 rings (SSSR count). The van der Waals surface area contributed by atoms with Crippen molar-refractivity contribution in [3.63, 3.8) is 0 Å². The summed E-state index contributed by atoms with van der Waals surface area (Å²) >= 11 is 6.14. The molecule has 0 radical (unpaired) electrons. The average Bonchev–Trinajstić information content (AvgIpc) is 2.44. The summed E-state index contributed by atoms with van der Waals surface area (Å²) in [5.74, 6) is 0.707. The van der Waals surface area contributed by atoms with E-state index in [1.807, 2.05) is 18.7 Å². The molecule has 86 valence electrons. The Hall–Kier alpha value is -0.540. The van der Waals surface area contributed by atoms with E-state index in [2.05, 4.69) is 24.3 Å². The Balaban J connectivity index is 2.50. The minimum atomic E-state index is 0.707. The summed E-state index contributed by atoms with van der Waals surface area (Å²) in [5.41, 5.74) is 1.97. The molecule has 1 aromatic heterocycles. The van der Waals surface area contributed by atoms with E-state index in [0.717, 1.165) is 29.5 Å². The maximum absolute atomic E-state index is 6.14. The van der Waals surface area contributed by atoms with E-state index in [0.29, 0.717) is 5.92 Å². The van der Waals surface area contributed by atoms with Crippen molar-refractivity contribution < 1.29 is 0 Å². The Labute approximate surface area is 96.8 Å². The SMILES string of the molecule is CCC(C)CNCc1c(Cl)c(C)nn1C. The third-order valence-electron chi connectivity index (χ3n) is 2.74.